The van der Waals surface area contributed by atoms with E-state index in [1.54, 1.807) is 24.3 Å². The van der Waals surface area contributed by atoms with Crippen molar-refractivity contribution in [1.82, 2.24) is 9.80 Å². The molecular formula is C27H28F2N2O3. The summed E-state index contributed by atoms with van der Waals surface area (Å²) in [5, 5.41) is 8.81. The van der Waals surface area contributed by atoms with Gasteiger partial charge in [0.25, 0.3) is 0 Å². The average Bonchev–Trinajstić information content (AvgIpc) is 2.83. The van der Waals surface area contributed by atoms with Crippen molar-refractivity contribution in [2.75, 3.05) is 32.8 Å². The number of rotatable bonds is 9. The summed E-state index contributed by atoms with van der Waals surface area (Å²) in [6.07, 6.45) is 0. The first-order chi connectivity index (χ1) is 16.5. The summed E-state index contributed by atoms with van der Waals surface area (Å²) in [6, 6.07) is 20.9. The summed E-state index contributed by atoms with van der Waals surface area (Å²) < 4.78 is 32.4. The number of carboxylic acids is 1. The van der Waals surface area contributed by atoms with E-state index in [4.69, 9.17) is 9.84 Å². The van der Waals surface area contributed by atoms with Gasteiger partial charge in [0, 0.05) is 32.7 Å². The maximum absolute atomic E-state index is 13.5. The predicted molar refractivity (Wildman–Crippen MR) is 125 cm³/mol. The Labute approximate surface area is 198 Å². The number of piperazine rings is 1. The second-order valence-electron chi connectivity index (χ2n) is 8.47. The Morgan fingerprint density at radius 1 is 0.824 bits per heavy atom. The van der Waals surface area contributed by atoms with Crippen LogP contribution in [-0.4, -0.2) is 53.7 Å². The molecule has 1 fully saturated rings. The highest BCUT2D eigenvalue weighted by Gasteiger charge is 2.27. The molecule has 0 saturated carbocycles. The summed E-state index contributed by atoms with van der Waals surface area (Å²) in [7, 11) is 0. The SMILES string of the molecule is O=C(O)COCc1ccccc1CN1CCN(C(c2ccc(F)cc2)c2ccc(F)cc2)CC1. The minimum atomic E-state index is -0.981. The van der Waals surface area contributed by atoms with Gasteiger partial charge in [0.05, 0.1) is 12.6 Å². The lowest BCUT2D eigenvalue weighted by Gasteiger charge is -2.40. The zero-order chi connectivity index (χ0) is 23.9. The Hall–Kier alpha value is -3.13. The van der Waals surface area contributed by atoms with Crippen LogP contribution in [0.2, 0.25) is 0 Å². The molecule has 3 aromatic carbocycles. The average molecular weight is 467 g/mol. The summed E-state index contributed by atoms with van der Waals surface area (Å²) in [5.41, 5.74) is 4.06. The van der Waals surface area contributed by atoms with E-state index in [0.717, 1.165) is 55.0 Å². The molecule has 0 aromatic heterocycles. The number of halogens is 2. The fraction of sp³-hybridized carbons (Fsp3) is 0.296. The van der Waals surface area contributed by atoms with Crippen molar-refractivity contribution in [3.63, 3.8) is 0 Å². The molecule has 0 spiro atoms. The maximum Gasteiger partial charge on any atom is 0.329 e. The van der Waals surface area contributed by atoms with E-state index in [-0.39, 0.29) is 30.9 Å². The largest absolute Gasteiger partial charge is 0.480 e. The quantitative estimate of drug-likeness (QED) is 0.504. The Bertz CT molecular complexity index is 1040. The Morgan fingerprint density at radius 2 is 1.35 bits per heavy atom. The number of carbonyl (C=O) groups is 1. The number of carboxylic acid groups (broad SMARTS) is 1. The molecule has 1 N–H and O–H groups in total. The van der Waals surface area contributed by atoms with Crippen LogP contribution >= 0.6 is 0 Å². The summed E-state index contributed by atoms with van der Waals surface area (Å²) in [6.45, 7) is 3.97. The van der Waals surface area contributed by atoms with Crippen LogP contribution in [0.1, 0.15) is 28.3 Å². The molecule has 1 aliphatic heterocycles. The molecule has 1 saturated heterocycles. The first kappa shape index (κ1) is 24.0. The predicted octanol–water partition coefficient (Wildman–Crippen LogP) is 4.47. The van der Waals surface area contributed by atoms with Gasteiger partial charge in [-0.3, -0.25) is 9.80 Å². The van der Waals surface area contributed by atoms with Gasteiger partial charge in [0.1, 0.15) is 18.2 Å². The Morgan fingerprint density at radius 3 is 1.88 bits per heavy atom. The number of ether oxygens (including phenoxy) is 1. The molecule has 178 valence electrons. The number of benzene rings is 3. The molecule has 34 heavy (non-hydrogen) atoms. The highest BCUT2D eigenvalue weighted by atomic mass is 19.1. The summed E-state index contributed by atoms with van der Waals surface area (Å²) in [5.74, 6) is -1.54. The molecule has 0 unspecified atom stereocenters. The van der Waals surface area contributed by atoms with E-state index < -0.39 is 5.97 Å². The van der Waals surface area contributed by atoms with Crippen LogP contribution in [-0.2, 0) is 22.7 Å². The Balaban J connectivity index is 1.44. The van der Waals surface area contributed by atoms with Crippen LogP contribution in [0.3, 0.4) is 0 Å². The van der Waals surface area contributed by atoms with Crippen LogP contribution in [0.25, 0.3) is 0 Å². The van der Waals surface area contributed by atoms with Crippen LogP contribution in [0.4, 0.5) is 8.78 Å². The lowest BCUT2D eigenvalue weighted by Crippen LogP contribution is -2.47. The third-order valence-electron chi connectivity index (χ3n) is 6.14. The van der Waals surface area contributed by atoms with E-state index >= 15 is 0 Å². The third-order valence-corrected chi connectivity index (χ3v) is 6.14. The molecule has 0 atom stereocenters. The highest BCUT2D eigenvalue weighted by Crippen LogP contribution is 2.30. The minimum absolute atomic E-state index is 0.0833. The molecule has 0 amide bonds. The van der Waals surface area contributed by atoms with Gasteiger partial charge < -0.3 is 9.84 Å². The molecule has 5 nitrogen and oxygen atoms in total. The summed E-state index contributed by atoms with van der Waals surface area (Å²) >= 11 is 0. The van der Waals surface area contributed by atoms with E-state index in [2.05, 4.69) is 9.80 Å². The lowest BCUT2D eigenvalue weighted by atomic mass is 9.96. The van der Waals surface area contributed by atoms with Gasteiger partial charge in [-0.05, 0) is 46.5 Å². The van der Waals surface area contributed by atoms with Gasteiger partial charge >= 0.3 is 5.97 Å². The normalized spacial score (nSPS) is 15.0. The molecule has 3 aromatic rings. The zero-order valence-electron chi connectivity index (χ0n) is 18.9. The van der Waals surface area contributed by atoms with E-state index in [0.29, 0.717) is 0 Å². The monoisotopic (exact) mass is 466 g/mol. The van der Waals surface area contributed by atoms with Gasteiger partial charge in [-0.2, -0.15) is 0 Å². The topological polar surface area (TPSA) is 53.0 Å². The molecule has 4 rings (SSSR count). The molecule has 1 aliphatic rings. The first-order valence-corrected chi connectivity index (χ1v) is 11.3. The zero-order valence-corrected chi connectivity index (χ0v) is 18.9. The molecule has 0 bridgehead atoms. The van der Waals surface area contributed by atoms with Crippen LogP contribution in [0.5, 0.6) is 0 Å². The van der Waals surface area contributed by atoms with Crippen molar-refractivity contribution in [1.29, 1.82) is 0 Å². The van der Waals surface area contributed by atoms with Gasteiger partial charge in [0.2, 0.25) is 0 Å². The third kappa shape index (κ3) is 6.26. The fourth-order valence-corrected chi connectivity index (χ4v) is 4.43. The second kappa shape index (κ2) is 11.3. The molecular weight excluding hydrogens is 438 g/mol. The fourth-order valence-electron chi connectivity index (χ4n) is 4.43. The first-order valence-electron chi connectivity index (χ1n) is 11.3. The maximum atomic E-state index is 13.5. The van der Waals surface area contributed by atoms with Crippen LogP contribution < -0.4 is 0 Å². The van der Waals surface area contributed by atoms with E-state index in [1.165, 1.54) is 24.3 Å². The van der Waals surface area contributed by atoms with Crippen molar-refractivity contribution in [3.8, 4) is 0 Å². The van der Waals surface area contributed by atoms with Crippen molar-refractivity contribution >= 4 is 5.97 Å². The highest BCUT2D eigenvalue weighted by molar-refractivity contribution is 5.68. The van der Waals surface area contributed by atoms with Crippen molar-refractivity contribution in [2.45, 2.75) is 19.2 Å². The van der Waals surface area contributed by atoms with Gasteiger partial charge in [-0.15, -0.1) is 0 Å². The second-order valence-corrected chi connectivity index (χ2v) is 8.47. The smallest absolute Gasteiger partial charge is 0.329 e. The van der Waals surface area contributed by atoms with Gasteiger partial charge in [-0.25, -0.2) is 13.6 Å². The number of nitrogens with zero attached hydrogens (tertiary/aromatic N) is 2. The molecule has 1 heterocycles. The lowest BCUT2D eigenvalue weighted by molar-refractivity contribution is -0.142. The molecule has 7 heteroatoms. The minimum Gasteiger partial charge on any atom is -0.480 e. The molecule has 0 aliphatic carbocycles. The van der Waals surface area contributed by atoms with Crippen LogP contribution in [0, 0.1) is 11.6 Å². The van der Waals surface area contributed by atoms with Crippen molar-refractivity contribution in [2.24, 2.45) is 0 Å². The Kier molecular flexibility index (Phi) is 8.00. The van der Waals surface area contributed by atoms with Gasteiger partial charge in [0.15, 0.2) is 0 Å². The van der Waals surface area contributed by atoms with Crippen molar-refractivity contribution in [3.05, 3.63) is 107 Å². The number of hydrogen-bond acceptors (Lipinski definition) is 4. The molecule has 0 radical (unpaired) electrons. The standard InChI is InChI=1S/C27H28F2N2O3/c28-24-9-5-20(6-10-24)27(21-7-11-25(29)12-8-21)31-15-13-30(14-16-31)17-22-3-1-2-4-23(22)18-34-19-26(32)33/h1-12,27H,13-19H2,(H,32,33). The number of aliphatic carboxylic acids is 1. The van der Waals surface area contributed by atoms with E-state index in [9.17, 15) is 13.6 Å². The number of hydrogen-bond donors (Lipinski definition) is 1. The van der Waals surface area contributed by atoms with Crippen LogP contribution in [0.15, 0.2) is 72.8 Å². The van der Waals surface area contributed by atoms with E-state index in [1.807, 2.05) is 24.3 Å². The summed E-state index contributed by atoms with van der Waals surface area (Å²) in [4.78, 5) is 15.4. The van der Waals surface area contributed by atoms with Gasteiger partial charge in [-0.1, -0.05) is 48.5 Å². The van der Waals surface area contributed by atoms with Crippen molar-refractivity contribution < 1.29 is 23.4 Å².